The number of aliphatic imine (C=N–C) groups is 1. The number of guanidine groups is 1. The molecule has 1 aromatic heterocycles. The number of carboxylic acid groups (broad SMARTS) is 1. The van der Waals surface area contributed by atoms with Crippen molar-refractivity contribution in [3.8, 4) is 0 Å². The van der Waals surface area contributed by atoms with Crippen LogP contribution in [0, 0.1) is 0 Å². The zero-order chi connectivity index (χ0) is 26.4. The van der Waals surface area contributed by atoms with Crippen LogP contribution in [0.2, 0.25) is 0 Å². The third kappa shape index (κ3) is 12.0. The van der Waals surface area contributed by atoms with Crippen molar-refractivity contribution >= 4 is 35.6 Å². The molecule has 3 atom stereocenters. The Morgan fingerprint density at radius 2 is 1.69 bits per heavy atom. The fourth-order valence-electron chi connectivity index (χ4n) is 2.89. The summed E-state index contributed by atoms with van der Waals surface area (Å²) in [5, 5.41) is 15.9. The number of aromatic nitrogens is 2. The summed E-state index contributed by atoms with van der Waals surface area (Å²) in [5.41, 5.74) is 22.2. The molecule has 0 saturated carbocycles. The lowest BCUT2D eigenvalue weighted by Gasteiger charge is -2.24. The average molecular weight is 497 g/mol. The van der Waals surface area contributed by atoms with Gasteiger partial charge in [-0.25, -0.2) is 4.98 Å². The summed E-state index contributed by atoms with van der Waals surface area (Å²) < 4.78 is 0. The first-order valence-electron chi connectivity index (χ1n) is 10.7. The van der Waals surface area contributed by atoms with Crippen molar-refractivity contribution < 1.29 is 29.1 Å². The van der Waals surface area contributed by atoms with E-state index in [0.29, 0.717) is 5.69 Å². The smallest absolute Gasteiger partial charge is 0.322 e. The first-order chi connectivity index (χ1) is 16.5. The fourth-order valence-corrected chi connectivity index (χ4v) is 2.89. The van der Waals surface area contributed by atoms with E-state index in [2.05, 4.69) is 30.9 Å². The third-order valence-corrected chi connectivity index (χ3v) is 4.64. The first-order valence-corrected chi connectivity index (χ1v) is 10.7. The van der Waals surface area contributed by atoms with Crippen molar-refractivity contribution in [1.29, 1.82) is 0 Å². The molecule has 1 aromatic rings. The molecule has 0 radical (unpaired) electrons. The molecule has 4 amide bonds. The summed E-state index contributed by atoms with van der Waals surface area (Å²) in [5.74, 6) is -4.36. The zero-order valence-corrected chi connectivity index (χ0v) is 19.0. The third-order valence-electron chi connectivity index (χ3n) is 4.64. The molecule has 0 aromatic carbocycles. The number of nitrogens with zero attached hydrogens (tertiary/aromatic N) is 2. The predicted octanol–water partition coefficient (Wildman–Crippen LogP) is -4.23. The van der Waals surface area contributed by atoms with Gasteiger partial charge >= 0.3 is 5.97 Å². The minimum Gasteiger partial charge on any atom is -0.480 e. The van der Waals surface area contributed by atoms with Gasteiger partial charge in [-0.15, -0.1) is 0 Å². The van der Waals surface area contributed by atoms with Crippen LogP contribution in [0.4, 0.5) is 0 Å². The molecule has 3 unspecified atom stereocenters. The van der Waals surface area contributed by atoms with Gasteiger partial charge in [0.1, 0.15) is 18.6 Å². The van der Waals surface area contributed by atoms with Gasteiger partial charge in [0.05, 0.1) is 12.4 Å². The number of imidazole rings is 1. The van der Waals surface area contributed by atoms with Gasteiger partial charge in [-0.1, -0.05) is 0 Å². The molecule has 0 spiro atoms. The maximum Gasteiger partial charge on any atom is 0.322 e. The van der Waals surface area contributed by atoms with Crippen LogP contribution in [0.5, 0.6) is 0 Å². The summed E-state index contributed by atoms with van der Waals surface area (Å²) in [6.07, 6.45) is 2.98. The molecule has 1 rings (SSSR count). The lowest BCUT2D eigenvalue weighted by molar-refractivity contribution is -0.138. The van der Waals surface area contributed by atoms with Crippen molar-refractivity contribution in [3.05, 3.63) is 18.2 Å². The fraction of sp³-hybridized carbons (Fsp3) is 0.526. The number of hydrogen-bond donors (Lipinski definition) is 9. The normalized spacial score (nSPS) is 13.1. The van der Waals surface area contributed by atoms with Crippen molar-refractivity contribution in [3.63, 3.8) is 0 Å². The summed E-state index contributed by atoms with van der Waals surface area (Å²) in [7, 11) is 0. The van der Waals surface area contributed by atoms with E-state index < -0.39 is 54.3 Å². The van der Waals surface area contributed by atoms with Crippen LogP contribution >= 0.6 is 0 Å². The quantitative estimate of drug-likeness (QED) is 0.0603. The van der Waals surface area contributed by atoms with E-state index in [1.807, 2.05) is 0 Å². The second-order valence-electron chi connectivity index (χ2n) is 7.58. The largest absolute Gasteiger partial charge is 0.480 e. The van der Waals surface area contributed by atoms with Crippen LogP contribution in [0.15, 0.2) is 17.5 Å². The van der Waals surface area contributed by atoms with E-state index >= 15 is 0 Å². The van der Waals surface area contributed by atoms with E-state index in [1.165, 1.54) is 12.5 Å². The molecular formula is C19H32N10O6. The second kappa shape index (κ2) is 14.8. The minimum atomic E-state index is -1.28. The number of aromatic amines is 1. The topological polar surface area (TPSA) is 287 Å². The SMILES string of the molecule is NC(=O)CCC(NC(=O)C(N)Cc1cnc[nH]1)C(=O)NC(CCCN=C(N)N)C(=O)NCC(=O)O. The van der Waals surface area contributed by atoms with Crippen LogP contribution in [0.3, 0.4) is 0 Å². The lowest BCUT2D eigenvalue weighted by atomic mass is 10.1. The van der Waals surface area contributed by atoms with Crippen LogP contribution in [-0.4, -0.2) is 81.8 Å². The van der Waals surface area contributed by atoms with Gasteiger partial charge in [0.25, 0.3) is 0 Å². The van der Waals surface area contributed by atoms with Gasteiger partial charge in [0.15, 0.2) is 5.96 Å². The van der Waals surface area contributed by atoms with E-state index in [4.69, 9.17) is 28.0 Å². The highest BCUT2D eigenvalue weighted by molar-refractivity contribution is 5.94. The molecule has 35 heavy (non-hydrogen) atoms. The molecule has 0 saturated heterocycles. The first kappa shape index (κ1) is 28.8. The molecule has 16 heteroatoms. The highest BCUT2D eigenvalue weighted by Gasteiger charge is 2.28. The molecule has 0 aliphatic rings. The number of amides is 4. The van der Waals surface area contributed by atoms with Gasteiger partial charge in [-0.2, -0.15) is 0 Å². The summed E-state index contributed by atoms with van der Waals surface area (Å²) in [6, 6.07) is -3.44. The number of rotatable bonds is 16. The summed E-state index contributed by atoms with van der Waals surface area (Å²) in [6.45, 7) is -0.505. The van der Waals surface area contributed by atoms with Crippen LogP contribution < -0.4 is 38.9 Å². The molecule has 0 fully saturated rings. The monoisotopic (exact) mass is 496 g/mol. The second-order valence-corrected chi connectivity index (χ2v) is 7.58. The van der Waals surface area contributed by atoms with Crippen LogP contribution in [0.25, 0.3) is 0 Å². The van der Waals surface area contributed by atoms with E-state index in [9.17, 15) is 24.0 Å². The molecular weight excluding hydrogens is 464 g/mol. The van der Waals surface area contributed by atoms with Crippen LogP contribution in [-0.2, 0) is 30.4 Å². The Balaban J connectivity index is 2.90. The van der Waals surface area contributed by atoms with Gasteiger partial charge in [-0.3, -0.25) is 29.0 Å². The predicted molar refractivity (Wildman–Crippen MR) is 123 cm³/mol. The van der Waals surface area contributed by atoms with Crippen molar-refractivity contribution in [2.75, 3.05) is 13.1 Å². The molecule has 0 aliphatic carbocycles. The Bertz CT molecular complexity index is 900. The number of hydrogen-bond acceptors (Lipinski definition) is 8. The maximum absolute atomic E-state index is 12.9. The van der Waals surface area contributed by atoms with Gasteiger partial charge in [-0.05, 0) is 19.3 Å². The Labute approximate surface area is 200 Å². The average Bonchev–Trinajstić information content (AvgIpc) is 3.29. The summed E-state index contributed by atoms with van der Waals surface area (Å²) in [4.78, 5) is 70.4. The summed E-state index contributed by atoms with van der Waals surface area (Å²) >= 11 is 0. The number of primary amides is 1. The highest BCUT2D eigenvalue weighted by atomic mass is 16.4. The number of H-pyrrole nitrogens is 1. The van der Waals surface area contributed by atoms with Crippen LogP contribution in [0.1, 0.15) is 31.4 Å². The number of carbonyl (C=O) groups excluding carboxylic acids is 4. The van der Waals surface area contributed by atoms with E-state index in [1.54, 1.807) is 0 Å². The Kier molecular flexibility index (Phi) is 12.2. The molecule has 1 heterocycles. The van der Waals surface area contributed by atoms with E-state index in [0.717, 1.165) is 0 Å². The maximum atomic E-state index is 12.9. The lowest BCUT2D eigenvalue weighted by Crippen LogP contribution is -2.56. The number of nitrogens with one attached hydrogen (secondary N) is 4. The zero-order valence-electron chi connectivity index (χ0n) is 19.0. The van der Waals surface area contributed by atoms with Gasteiger partial charge < -0.3 is 49.0 Å². The standard InChI is InChI=1S/C19H32N10O6/c20-11(6-10-7-24-9-27-10)16(33)28-13(3-4-14(21)30)18(35)29-12(2-1-5-25-19(22)23)17(34)26-8-15(31)32/h7,9,11-13H,1-6,8,20H2,(H2,21,30)(H,24,27)(H,26,34)(H,28,33)(H,29,35)(H,31,32)(H4,22,23,25). The number of aliphatic carboxylic acids is 1. The van der Waals surface area contributed by atoms with Gasteiger partial charge in [0, 0.05) is 31.3 Å². The van der Waals surface area contributed by atoms with Crippen molar-refractivity contribution in [1.82, 2.24) is 25.9 Å². The van der Waals surface area contributed by atoms with Crippen molar-refractivity contribution in [2.45, 2.75) is 50.2 Å². The van der Waals surface area contributed by atoms with E-state index in [-0.39, 0.29) is 44.6 Å². The number of nitrogens with two attached hydrogens (primary N) is 4. The van der Waals surface area contributed by atoms with Crippen molar-refractivity contribution in [2.24, 2.45) is 27.9 Å². The molecule has 0 bridgehead atoms. The number of carbonyl (C=O) groups is 5. The minimum absolute atomic E-state index is 0.0593. The Morgan fingerprint density at radius 3 is 2.26 bits per heavy atom. The van der Waals surface area contributed by atoms with Gasteiger partial charge in [0.2, 0.25) is 23.6 Å². The molecule has 194 valence electrons. The molecule has 16 nitrogen and oxygen atoms in total. The highest BCUT2D eigenvalue weighted by Crippen LogP contribution is 2.04. The Hall–Kier alpha value is -4.21. The number of carboxylic acids is 1. The Morgan fingerprint density at radius 1 is 1.03 bits per heavy atom. The molecule has 0 aliphatic heterocycles. The molecule has 13 N–H and O–H groups in total.